The van der Waals surface area contributed by atoms with E-state index in [-0.39, 0.29) is 18.3 Å². The van der Waals surface area contributed by atoms with Gasteiger partial charge in [-0.1, -0.05) is 0 Å². The van der Waals surface area contributed by atoms with Crippen molar-refractivity contribution in [2.45, 2.75) is 6.92 Å². The lowest BCUT2D eigenvalue weighted by molar-refractivity contribution is -0.118. The van der Waals surface area contributed by atoms with E-state index in [0.717, 1.165) is 0 Å². The van der Waals surface area contributed by atoms with Gasteiger partial charge in [0.05, 0.1) is 4.47 Å². The molecule has 110 valence electrons. The minimum absolute atomic E-state index is 0.235. The van der Waals surface area contributed by atoms with Gasteiger partial charge in [-0.05, 0) is 64.8 Å². The summed E-state index contributed by atoms with van der Waals surface area (Å²) in [6.07, 6.45) is 0. The van der Waals surface area contributed by atoms with Gasteiger partial charge in [-0.25, -0.2) is 8.78 Å². The van der Waals surface area contributed by atoms with Crippen LogP contribution in [-0.4, -0.2) is 12.5 Å². The van der Waals surface area contributed by atoms with Crippen LogP contribution in [0.4, 0.5) is 14.5 Å². The van der Waals surface area contributed by atoms with Crippen LogP contribution >= 0.6 is 15.9 Å². The number of nitrogens with one attached hydrogen (secondary N) is 1. The summed E-state index contributed by atoms with van der Waals surface area (Å²) < 4.78 is 31.6. The summed E-state index contributed by atoms with van der Waals surface area (Å²) in [5.41, 5.74) is 1.13. The van der Waals surface area contributed by atoms with E-state index >= 15 is 0 Å². The van der Waals surface area contributed by atoms with Crippen LogP contribution in [0.2, 0.25) is 0 Å². The monoisotopic (exact) mass is 355 g/mol. The topological polar surface area (TPSA) is 38.3 Å². The van der Waals surface area contributed by atoms with Gasteiger partial charge in [-0.15, -0.1) is 0 Å². The smallest absolute Gasteiger partial charge is 0.262 e. The molecule has 1 N–H and O–H groups in total. The Balaban J connectivity index is 1.96. The Morgan fingerprint density at radius 3 is 2.52 bits per heavy atom. The van der Waals surface area contributed by atoms with Crippen molar-refractivity contribution >= 4 is 27.5 Å². The van der Waals surface area contributed by atoms with Crippen LogP contribution in [0.1, 0.15) is 5.56 Å². The molecule has 1 amide bonds. The SMILES string of the molecule is Cc1cc(F)ccc1NC(=O)COc1ccc(F)cc1Br. The molecule has 0 spiro atoms. The van der Waals surface area contributed by atoms with Crippen molar-refractivity contribution in [2.24, 2.45) is 0 Å². The van der Waals surface area contributed by atoms with Gasteiger partial charge in [0.15, 0.2) is 6.61 Å². The minimum Gasteiger partial charge on any atom is -0.483 e. The lowest BCUT2D eigenvalue weighted by atomic mass is 10.2. The third-order valence-electron chi connectivity index (χ3n) is 2.72. The number of ether oxygens (including phenoxy) is 1. The Kier molecular flexibility index (Phi) is 4.90. The third kappa shape index (κ3) is 4.26. The van der Waals surface area contributed by atoms with Gasteiger partial charge in [0, 0.05) is 5.69 Å². The van der Waals surface area contributed by atoms with Gasteiger partial charge in [-0.2, -0.15) is 0 Å². The van der Waals surface area contributed by atoms with Crippen LogP contribution in [0.3, 0.4) is 0 Å². The fraction of sp³-hybridized carbons (Fsp3) is 0.133. The molecule has 0 radical (unpaired) electrons. The van der Waals surface area contributed by atoms with Gasteiger partial charge in [0.2, 0.25) is 0 Å². The van der Waals surface area contributed by atoms with Gasteiger partial charge >= 0.3 is 0 Å². The molecule has 2 aromatic rings. The number of rotatable bonds is 4. The largest absolute Gasteiger partial charge is 0.483 e. The van der Waals surface area contributed by atoms with Crippen molar-refractivity contribution in [1.29, 1.82) is 0 Å². The molecule has 0 aliphatic carbocycles. The van der Waals surface area contributed by atoms with E-state index in [2.05, 4.69) is 21.2 Å². The molecule has 2 aromatic carbocycles. The quantitative estimate of drug-likeness (QED) is 0.898. The van der Waals surface area contributed by atoms with Gasteiger partial charge < -0.3 is 10.1 Å². The number of halogens is 3. The van der Waals surface area contributed by atoms with E-state index in [0.29, 0.717) is 21.5 Å². The Morgan fingerprint density at radius 1 is 1.19 bits per heavy atom. The van der Waals surface area contributed by atoms with Crippen molar-refractivity contribution in [1.82, 2.24) is 0 Å². The number of aryl methyl sites for hydroxylation is 1. The van der Waals surface area contributed by atoms with Crippen molar-refractivity contribution in [3.8, 4) is 5.75 Å². The normalized spacial score (nSPS) is 10.3. The maximum Gasteiger partial charge on any atom is 0.262 e. The standard InChI is InChI=1S/C15H12BrF2NO2/c1-9-6-10(17)2-4-13(9)19-15(20)8-21-14-5-3-11(18)7-12(14)16/h2-7H,8H2,1H3,(H,19,20). The summed E-state index contributed by atoms with van der Waals surface area (Å²) in [5.74, 6) is -0.791. The number of anilines is 1. The van der Waals surface area contributed by atoms with E-state index in [1.54, 1.807) is 6.92 Å². The first-order valence-electron chi connectivity index (χ1n) is 6.09. The zero-order valence-corrected chi connectivity index (χ0v) is 12.7. The maximum absolute atomic E-state index is 13.0. The average Bonchev–Trinajstić information content (AvgIpc) is 2.41. The fourth-order valence-corrected chi connectivity index (χ4v) is 2.15. The molecule has 0 aromatic heterocycles. The van der Waals surface area contributed by atoms with Crippen LogP contribution in [0.15, 0.2) is 40.9 Å². The Hall–Kier alpha value is -1.95. The molecule has 0 unspecified atom stereocenters. The van der Waals surface area contributed by atoms with Gasteiger partial charge in [0.25, 0.3) is 5.91 Å². The molecular weight excluding hydrogens is 344 g/mol. The van der Waals surface area contributed by atoms with Crippen LogP contribution in [0.25, 0.3) is 0 Å². The highest BCUT2D eigenvalue weighted by Crippen LogP contribution is 2.25. The molecular formula is C15H12BrF2NO2. The van der Waals surface area contributed by atoms with Crippen LogP contribution < -0.4 is 10.1 Å². The van der Waals surface area contributed by atoms with Crippen LogP contribution in [-0.2, 0) is 4.79 Å². The van der Waals surface area contributed by atoms with E-state index in [1.807, 2.05) is 0 Å². The van der Waals surface area contributed by atoms with Crippen molar-refractivity contribution < 1.29 is 18.3 Å². The number of carbonyl (C=O) groups excluding carboxylic acids is 1. The number of benzene rings is 2. The second-order valence-electron chi connectivity index (χ2n) is 4.37. The lowest BCUT2D eigenvalue weighted by Crippen LogP contribution is -2.20. The molecule has 6 heteroatoms. The van der Waals surface area contributed by atoms with Gasteiger partial charge in [0.1, 0.15) is 17.4 Å². The highest BCUT2D eigenvalue weighted by atomic mass is 79.9. The van der Waals surface area contributed by atoms with Crippen molar-refractivity contribution in [2.75, 3.05) is 11.9 Å². The summed E-state index contributed by atoms with van der Waals surface area (Å²) >= 11 is 3.15. The second kappa shape index (κ2) is 6.67. The highest BCUT2D eigenvalue weighted by molar-refractivity contribution is 9.10. The lowest BCUT2D eigenvalue weighted by Gasteiger charge is -2.10. The molecule has 0 heterocycles. The first-order valence-corrected chi connectivity index (χ1v) is 6.89. The van der Waals surface area contributed by atoms with Crippen LogP contribution in [0, 0.1) is 18.6 Å². The molecule has 0 aliphatic rings. The summed E-state index contributed by atoms with van der Waals surface area (Å²) in [4.78, 5) is 11.8. The average molecular weight is 356 g/mol. The summed E-state index contributed by atoms with van der Waals surface area (Å²) in [7, 11) is 0. The summed E-state index contributed by atoms with van der Waals surface area (Å²) in [6, 6.07) is 7.98. The molecule has 0 aliphatic heterocycles. The summed E-state index contributed by atoms with van der Waals surface area (Å²) in [5, 5.41) is 2.62. The highest BCUT2D eigenvalue weighted by Gasteiger charge is 2.08. The molecule has 21 heavy (non-hydrogen) atoms. The predicted molar refractivity (Wildman–Crippen MR) is 79.4 cm³/mol. The van der Waals surface area contributed by atoms with E-state index in [9.17, 15) is 13.6 Å². The second-order valence-corrected chi connectivity index (χ2v) is 5.23. The molecule has 0 atom stereocenters. The van der Waals surface area contributed by atoms with Crippen molar-refractivity contribution in [3.05, 3.63) is 58.1 Å². The molecule has 0 saturated carbocycles. The molecule has 3 nitrogen and oxygen atoms in total. The molecule has 0 saturated heterocycles. The predicted octanol–water partition coefficient (Wildman–Crippen LogP) is 4.05. The van der Waals surface area contributed by atoms with E-state index in [1.165, 1.54) is 36.4 Å². The molecule has 2 rings (SSSR count). The van der Waals surface area contributed by atoms with Gasteiger partial charge in [-0.3, -0.25) is 4.79 Å². The number of carbonyl (C=O) groups is 1. The fourth-order valence-electron chi connectivity index (χ4n) is 1.69. The Labute approximate surface area is 129 Å². The number of amides is 1. The van der Waals surface area contributed by atoms with Crippen molar-refractivity contribution in [3.63, 3.8) is 0 Å². The van der Waals surface area contributed by atoms with Crippen LogP contribution in [0.5, 0.6) is 5.75 Å². The first-order chi connectivity index (χ1) is 9.95. The third-order valence-corrected chi connectivity index (χ3v) is 3.33. The Bertz CT molecular complexity index is 677. The molecule has 0 fully saturated rings. The first kappa shape index (κ1) is 15.4. The van der Waals surface area contributed by atoms with E-state index in [4.69, 9.17) is 4.74 Å². The minimum atomic E-state index is -0.402. The maximum atomic E-state index is 13.0. The number of hydrogen-bond donors (Lipinski definition) is 1. The van der Waals surface area contributed by atoms with E-state index < -0.39 is 5.82 Å². The zero-order valence-electron chi connectivity index (χ0n) is 11.1. The Morgan fingerprint density at radius 2 is 1.86 bits per heavy atom. The summed E-state index contributed by atoms with van der Waals surface area (Å²) in [6.45, 7) is 1.46. The zero-order chi connectivity index (χ0) is 15.4. The number of hydrogen-bond acceptors (Lipinski definition) is 2. The molecule has 0 bridgehead atoms.